The highest BCUT2D eigenvalue weighted by molar-refractivity contribution is 7.99. The number of nitrogens with zero attached hydrogens (tertiary/aromatic N) is 3. The lowest BCUT2D eigenvalue weighted by Gasteiger charge is -2.07. The van der Waals surface area contributed by atoms with Crippen molar-refractivity contribution in [2.75, 3.05) is 5.75 Å². The fourth-order valence-electron chi connectivity index (χ4n) is 1.64. The van der Waals surface area contributed by atoms with Crippen LogP contribution in [0.5, 0.6) is 0 Å². The van der Waals surface area contributed by atoms with Crippen LogP contribution in [-0.2, 0) is 6.54 Å². The van der Waals surface area contributed by atoms with Crippen molar-refractivity contribution in [3.05, 3.63) is 53.6 Å². The number of thioether (sulfide) groups is 1. The van der Waals surface area contributed by atoms with E-state index in [1.165, 1.54) is 11.8 Å². The maximum atomic E-state index is 5.90. The van der Waals surface area contributed by atoms with Gasteiger partial charge in [0.15, 0.2) is 11.0 Å². The topological polar surface area (TPSA) is 30.7 Å². The molecule has 0 saturated heterocycles. The minimum absolute atomic E-state index is 0.580. The van der Waals surface area contributed by atoms with Gasteiger partial charge in [-0.05, 0) is 24.3 Å². The fourth-order valence-corrected chi connectivity index (χ4v) is 2.64. The number of aromatic nitrogens is 3. The van der Waals surface area contributed by atoms with Crippen molar-refractivity contribution in [2.24, 2.45) is 0 Å². The van der Waals surface area contributed by atoms with Gasteiger partial charge in [0.1, 0.15) is 0 Å². The van der Waals surface area contributed by atoms with Crippen molar-refractivity contribution >= 4 is 35.0 Å². The standard InChI is InChI=1S/C14H13Cl2N3S/c1-3-8-19-13(11-4-6-12(16)7-5-11)17-18-14(19)20-9-10(2)15/h3-7H,1-2,8-9H2. The normalized spacial score (nSPS) is 10.5. The molecule has 0 spiro atoms. The van der Waals surface area contributed by atoms with Gasteiger partial charge in [-0.15, -0.1) is 16.8 Å². The van der Waals surface area contributed by atoms with E-state index in [9.17, 15) is 0 Å². The Morgan fingerprint density at radius 2 is 2.00 bits per heavy atom. The molecule has 0 aliphatic carbocycles. The van der Waals surface area contributed by atoms with E-state index < -0.39 is 0 Å². The van der Waals surface area contributed by atoms with Crippen LogP contribution in [0, 0.1) is 0 Å². The molecule has 1 aromatic heterocycles. The number of benzene rings is 1. The predicted octanol–water partition coefficient (Wildman–Crippen LogP) is 4.63. The summed E-state index contributed by atoms with van der Waals surface area (Å²) in [6.45, 7) is 8.07. The van der Waals surface area contributed by atoms with Gasteiger partial charge in [0, 0.05) is 27.9 Å². The molecule has 0 unspecified atom stereocenters. The van der Waals surface area contributed by atoms with Gasteiger partial charge in [0.2, 0.25) is 0 Å². The van der Waals surface area contributed by atoms with Crippen molar-refractivity contribution in [3.63, 3.8) is 0 Å². The highest BCUT2D eigenvalue weighted by Gasteiger charge is 2.13. The number of rotatable bonds is 6. The van der Waals surface area contributed by atoms with Crippen molar-refractivity contribution in [1.29, 1.82) is 0 Å². The van der Waals surface area contributed by atoms with Crippen LogP contribution in [0.15, 0.2) is 53.7 Å². The Morgan fingerprint density at radius 3 is 2.60 bits per heavy atom. The number of hydrogen-bond donors (Lipinski definition) is 0. The number of hydrogen-bond acceptors (Lipinski definition) is 3. The molecule has 6 heteroatoms. The first-order chi connectivity index (χ1) is 9.61. The second-order valence-electron chi connectivity index (χ2n) is 4.02. The minimum Gasteiger partial charge on any atom is -0.298 e. The Bertz CT molecular complexity index is 620. The molecule has 2 aromatic rings. The monoisotopic (exact) mass is 325 g/mol. The molecule has 1 heterocycles. The molecule has 0 bridgehead atoms. The molecule has 0 fully saturated rings. The summed E-state index contributed by atoms with van der Waals surface area (Å²) in [4.78, 5) is 0. The Balaban J connectivity index is 2.35. The fraction of sp³-hybridized carbons (Fsp3) is 0.143. The highest BCUT2D eigenvalue weighted by Crippen LogP contribution is 2.26. The zero-order valence-corrected chi connectivity index (χ0v) is 13.0. The van der Waals surface area contributed by atoms with Gasteiger partial charge in [-0.25, -0.2) is 0 Å². The number of halogens is 2. The molecule has 0 amide bonds. The van der Waals surface area contributed by atoms with Crippen LogP contribution in [0.3, 0.4) is 0 Å². The van der Waals surface area contributed by atoms with Crippen LogP contribution in [0.1, 0.15) is 0 Å². The average Bonchev–Trinajstić information content (AvgIpc) is 2.81. The van der Waals surface area contributed by atoms with Gasteiger partial charge >= 0.3 is 0 Å². The van der Waals surface area contributed by atoms with E-state index in [0.29, 0.717) is 22.4 Å². The molecule has 0 saturated carbocycles. The zero-order chi connectivity index (χ0) is 14.5. The van der Waals surface area contributed by atoms with Crippen LogP contribution in [0.2, 0.25) is 5.02 Å². The minimum atomic E-state index is 0.580. The molecule has 1 aromatic carbocycles. The Kier molecular flexibility index (Phi) is 5.29. The van der Waals surface area contributed by atoms with Gasteiger partial charge in [-0.2, -0.15) is 0 Å². The third kappa shape index (κ3) is 3.66. The smallest absolute Gasteiger partial charge is 0.192 e. The van der Waals surface area contributed by atoms with E-state index in [0.717, 1.165) is 16.5 Å². The lowest BCUT2D eigenvalue weighted by molar-refractivity contribution is 0.732. The van der Waals surface area contributed by atoms with E-state index in [1.54, 1.807) is 0 Å². The predicted molar refractivity (Wildman–Crippen MR) is 86.4 cm³/mol. The largest absolute Gasteiger partial charge is 0.298 e. The first-order valence-electron chi connectivity index (χ1n) is 5.88. The summed E-state index contributed by atoms with van der Waals surface area (Å²) in [5.41, 5.74) is 0.959. The van der Waals surface area contributed by atoms with E-state index in [-0.39, 0.29) is 0 Å². The third-order valence-corrected chi connectivity index (χ3v) is 4.09. The molecule has 0 aliphatic rings. The van der Waals surface area contributed by atoms with Crippen LogP contribution in [0.25, 0.3) is 11.4 Å². The van der Waals surface area contributed by atoms with E-state index in [4.69, 9.17) is 23.2 Å². The van der Waals surface area contributed by atoms with E-state index in [1.807, 2.05) is 34.9 Å². The molecular formula is C14H13Cl2N3S. The Morgan fingerprint density at radius 1 is 1.30 bits per heavy atom. The molecule has 2 rings (SSSR count). The van der Waals surface area contributed by atoms with E-state index in [2.05, 4.69) is 23.4 Å². The van der Waals surface area contributed by atoms with E-state index >= 15 is 0 Å². The summed E-state index contributed by atoms with van der Waals surface area (Å²) in [6, 6.07) is 7.50. The lowest BCUT2D eigenvalue weighted by atomic mass is 10.2. The summed E-state index contributed by atoms with van der Waals surface area (Å²) < 4.78 is 1.99. The molecule has 0 aliphatic heterocycles. The van der Waals surface area contributed by atoms with Gasteiger partial charge in [-0.1, -0.05) is 47.6 Å². The maximum absolute atomic E-state index is 5.90. The van der Waals surface area contributed by atoms with Crippen molar-refractivity contribution in [2.45, 2.75) is 11.7 Å². The summed E-state index contributed by atoms with van der Waals surface area (Å²) >= 11 is 13.2. The Hall–Kier alpha value is -1.23. The van der Waals surface area contributed by atoms with Crippen molar-refractivity contribution in [3.8, 4) is 11.4 Å². The van der Waals surface area contributed by atoms with Crippen molar-refractivity contribution in [1.82, 2.24) is 14.8 Å². The van der Waals surface area contributed by atoms with Gasteiger partial charge in [0.25, 0.3) is 0 Å². The molecule has 0 atom stereocenters. The molecular weight excluding hydrogens is 313 g/mol. The van der Waals surface area contributed by atoms with Crippen LogP contribution < -0.4 is 0 Å². The van der Waals surface area contributed by atoms with Crippen LogP contribution >= 0.6 is 35.0 Å². The van der Waals surface area contributed by atoms with Crippen LogP contribution in [0.4, 0.5) is 0 Å². The highest BCUT2D eigenvalue weighted by atomic mass is 35.5. The third-order valence-electron chi connectivity index (χ3n) is 2.49. The SMILES string of the molecule is C=CCn1c(SCC(=C)Cl)nnc1-c1ccc(Cl)cc1. The maximum Gasteiger partial charge on any atom is 0.192 e. The molecule has 20 heavy (non-hydrogen) atoms. The van der Waals surface area contributed by atoms with Gasteiger partial charge in [-0.3, -0.25) is 4.57 Å². The molecule has 104 valence electrons. The zero-order valence-electron chi connectivity index (χ0n) is 10.7. The summed E-state index contributed by atoms with van der Waals surface area (Å²) in [7, 11) is 0. The molecule has 0 radical (unpaired) electrons. The second-order valence-corrected chi connectivity index (χ2v) is 5.93. The Labute approximate surface area is 132 Å². The number of allylic oxidation sites excluding steroid dienone is 1. The van der Waals surface area contributed by atoms with Gasteiger partial charge < -0.3 is 0 Å². The van der Waals surface area contributed by atoms with Crippen molar-refractivity contribution < 1.29 is 0 Å². The lowest BCUT2D eigenvalue weighted by Crippen LogP contribution is -2.00. The summed E-state index contributed by atoms with van der Waals surface area (Å²) in [5.74, 6) is 1.38. The summed E-state index contributed by atoms with van der Waals surface area (Å²) in [5, 5.41) is 10.5. The first kappa shape index (κ1) is 15.2. The average molecular weight is 326 g/mol. The molecule has 3 nitrogen and oxygen atoms in total. The summed E-state index contributed by atoms with van der Waals surface area (Å²) in [6.07, 6.45) is 1.81. The van der Waals surface area contributed by atoms with Gasteiger partial charge in [0.05, 0.1) is 0 Å². The first-order valence-corrected chi connectivity index (χ1v) is 7.62. The second kappa shape index (κ2) is 6.97. The van der Waals surface area contributed by atoms with Crippen LogP contribution in [-0.4, -0.2) is 20.5 Å². The quantitative estimate of drug-likeness (QED) is 0.573. The molecule has 0 N–H and O–H groups in total.